The van der Waals surface area contributed by atoms with E-state index in [1.807, 2.05) is 0 Å². The monoisotopic (exact) mass is 319 g/mol. The van der Waals surface area contributed by atoms with Gasteiger partial charge in [-0.1, -0.05) is 23.7 Å². The SMILES string of the molecule is O=C(O)c1c(O)c(-c2ccc(Cl)cc2)c(=O)n2c1CCCC2. The van der Waals surface area contributed by atoms with E-state index in [4.69, 9.17) is 11.6 Å². The first-order valence-electron chi connectivity index (χ1n) is 6.98. The van der Waals surface area contributed by atoms with Crippen molar-refractivity contribution in [2.24, 2.45) is 0 Å². The van der Waals surface area contributed by atoms with Crippen LogP contribution in [0.15, 0.2) is 29.1 Å². The van der Waals surface area contributed by atoms with E-state index in [2.05, 4.69) is 0 Å². The van der Waals surface area contributed by atoms with E-state index in [9.17, 15) is 19.8 Å². The number of carboxylic acid groups (broad SMARTS) is 1. The van der Waals surface area contributed by atoms with Gasteiger partial charge in [-0.3, -0.25) is 4.79 Å². The minimum Gasteiger partial charge on any atom is -0.506 e. The minimum atomic E-state index is -1.22. The van der Waals surface area contributed by atoms with Gasteiger partial charge in [0.15, 0.2) is 0 Å². The summed E-state index contributed by atoms with van der Waals surface area (Å²) >= 11 is 5.84. The number of benzene rings is 1. The van der Waals surface area contributed by atoms with Gasteiger partial charge in [-0.2, -0.15) is 0 Å². The number of hydrogen-bond acceptors (Lipinski definition) is 3. The van der Waals surface area contributed by atoms with Crippen LogP contribution in [-0.4, -0.2) is 20.7 Å². The number of aromatic carboxylic acids is 1. The van der Waals surface area contributed by atoms with Gasteiger partial charge in [-0.25, -0.2) is 4.79 Å². The molecule has 5 nitrogen and oxygen atoms in total. The van der Waals surface area contributed by atoms with E-state index in [-0.39, 0.29) is 16.7 Å². The van der Waals surface area contributed by atoms with Crippen LogP contribution in [0.1, 0.15) is 28.9 Å². The van der Waals surface area contributed by atoms with E-state index in [0.717, 1.165) is 12.8 Å². The molecule has 0 saturated carbocycles. The van der Waals surface area contributed by atoms with Crippen molar-refractivity contribution >= 4 is 17.6 Å². The third kappa shape index (κ3) is 2.27. The first kappa shape index (κ1) is 14.7. The van der Waals surface area contributed by atoms with Crippen LogP contribution in [0.3, 0.4) is 0 Å². The van der Waals surface area contributed by atoms with Crippen molar-refractivity contribution in [1.82, 2.24) is 4.57 Å². The van der Waals surface area contributed by atoms with Crippen molar-refractivity contribution in [3.63, 3.8) is 0 Å². The Morgan fingerprint density at radius 1 is 1.18 bits per heavy atom. The fourth-order valence-corrected chi connectivity index (χ4v) is 3.04. The van der Waals surface area contributed by atoms with E-state index in [0.29, 0.717) is 29.2 Å². The number of halogens is 1. The number of hydrogen-bond donors (Lipinski definition) is 2. The maximum absolute atomic E-state index is 12.7. The molecule has 2 heterocycles. The summed E-state index contributed by atoms with van der Waals surface area (Å²) in [6.45, 7) is 0.468. The molecular weight excluding hydrogens is 306 g/mol. The highest BCUT2D eigenvalue weighted by atomic mass is 35.5. The zero-order chi connectivity index (χ0) is 15.9. The van der Waals surface area contributed by atoms with Crippen LogP contribution < -0.4 is 5.56 Å². The molecule has 22 heavy (non-hydrogen) atoms. The van der Waals surface area contributed by atoms with Crippen molar-refractivity contribution in [2.45, 2.75) is 25.8 Å². The fraction of sp³-hybridized carbons (Fsp3) is 0.250. The molecule has 2 N–H and O–H groups in total. The van der Waals surface area contributed by atoms with Gasteiger partial charge in [0.2, 0.25) is 0 Å². The number of rotatable bonds is 2. The van der Waals surface area contributed by atoms with Gasteiger partial charge in [0.1, 0.15) is 11.3 Å². The number of pyridine rings is 1. The van der Waals surface area contributed by atoms with Crippen LogP contribution in [0.5, 0.6) is 5.75 Å². The molecule has 0 bridgehead atoms. The second-order valence-electron chi connectivity index (χ2n) is 5.27. The summed E-state index contributed by atoms with van der Waals surface area (Å²) in [6, 6.07) is 6.39. The third-order valence-corrected chi connectivity index (χ3v) is 4.19. The average Bonchev–Trinajstić information content (AvgIpc) is 2.49. The van der Waals surface area contributed by atoms with Crippen molar-refractivity contribution in [3.8, 4) is 16.9 Å². The second kappa shape index (κ2) is 5.50. The van der Waals surface area contributed by atoms with Crippen molar-refractivity contribution in [3.05, 3.63) is 50.9 Å². The summed E-state index contributed by atoms with van der Waals surface area (Å²) in [6.07, 6.45) is 2.10. The molecule has 2 aromatic rings. The van der Waals surface area contributed by atoms with Gasteiger partial charge in [-0.15, -0.1) is 0 Å². The Hall–Kier alpha value is -2.27. The smallest absolute Gasteiger partial charge is 0.341 e. The Labute approximate surface area is 131 Å². The molecule has 3 rings (SSSR count). The minimum absolute atomic E-state index is 0.0136. The molecule has 1 aromatic heterocycles. The molecule has 1 aliphatic heterocycles. The molecule has 0 radical (unpaired) electrons. The number of fused-ring (bicyclic) bond motifs is 1. The molecule has 1 aliphatic rings. The lowest BCUT2D eigenvalue weighted by Crippen LogP contribution is -2.30. The lowest BCUT2D eigenvalue weighted by atomic mass is 9.97. The second-order valence-corrected chi connectivity index (χ2v) is 5.71. The molecular formula is C16H14ClNO4. The van der Waals surface area contributed by atoms with Gasteiger partial charge in [-0.05, 0) is 37.0 Å². The Bertz CT molecular complexity index is 808. The van der Waals surface area contributed by atoms with E-state index >= 15 is 0 Å². The summed E-state index contributed by atoms with van der Waals surface area (Å²) < 4.78 is 1.47. The largest absolute Gasteiger partial charge is 0.506 e. The zero-order valence-electron chi connectivity index (χ0n) is 11.7. The normalized spacial score (nSPS) is 13.7. The number of aromatic nitrogens is 1. The Morgan fingerprint density at radius 3 is 2.50 bits per heavy atom. The van der Waals surface area contributed by atoms with Crippen LogP contribution in [-0.2, 0) is 13.0 Å². The summed E-state index contributed by atoms with van der Waals surface area (Å²) in [5.41, 5.74) is 0.331. The predicted molar refractivity (Wildman–Crippen MR) is 82.7 cm³/mol. The molecule has 0 atom stereocenters. The molecule has 0 aliphatic carbocycles. The highest BCUT2D eigenvalue weighted by Gasteiger charge is 2.27. The maximum atomic E-state index is 12.7. The molecule has 0 saturated heterocycles. The third-order valence-electron chi connectivity index (χ3n) is 3.94. The summed E-state index contributed by atoms with van der Waals surface area (Å²) in [4.78, 5) is 24.2. The molecule has 6 heteroatoms. The molecule has 114 valence electrons. The van der Waals surface area contributed by atoms with Crippen LogP contribution in [0, 0.1) is 0 Å². The topological polar surface area (TPSA) is 79.5 Å². The average molecular weight is 320 g/mol. The Balaban J connectivity index is 2.35. The molecule has 0 spiro atoms. The van der Waals surface area contributed by atoms with E-state index in [1.165, 1.54) is 4.57 Å². The lowest BCUT2D eigenvalue weighted by molar-refractivity contribution is 0.0690. The van der Waals surface area contributed by atoms with Gasteiger partial charge < -0.3 is 14.8 Å². The predicted octanol–water partition coefficient (Wildman–Crippen LogP) is 2.91. The molecule has 0 fully saturated rings. The van der Waals surface area contributed by atoms with Crippen LogP contribution in [0.25, 0.3) is 11.1 Å². The first-order valence-corrected chi connectivity index (χ1v) is 7.36. The number of carboxylic acids is 1. The number of aromatic hydroxyl groups is 1. The Morgan fingerprint density at radius 2 is 1.86 bits per heavy atom. The maximum Gasteiger partial charge on any atom is 0.341 e. The molecule has 1 aromatic carbocycles. The van der Waals surface area contributed by atoms with Crippen molar-refractivity contribution < 1.29 is 15.0 Å². The van der Waals surface area contributed by atoms with Gasteiger partial charge >= 0.3 is 5.97 Å². The highest BCUT2D eigenvalue weighted by molar-refractivity contribution is 6.30. The standard InChI is InChI=1S/C16H14ClNO4/c17-10-6-4-9(5-7-10)12-14(19)13(16(21)22)11-3-1-2-8-18(11)15(12)20/h4-7,19H,1-3,8H2,(H,21,22). The summed E-state index contributed by atoms with van der Waals surface area (Å²) in [5, 5.41) is 20.3. The summed E-state index contributed by atoms with van der Waals surface area (Å²) in [7, 11) is 0. The molecule has 0 unspecified atom stereocenters. The van der Waals surface area contributed by atoms with Crippen molar-refractivity contribution in [2.75, 3.05) is 0 Å². The van der Waals surface area contributed by atoms with E-state index in [1.54, 1.807) is 24.3 Å². The van der Waals surface area contributed by atoms with Crippen LogP contribution in [0.4, 0.5) is 0 Å². The number of carbonyl (C=O) groups is 1. The van der Waals surface area contributed by atoms with E-state index < -0.39 is 11.7 Å². The Kier molecular flexibility index (Phi) is 3.66. The van der Waals surface area contributed by atoms with Crippen LogP contribution >= 0.6 is 11.6 Å². The van der Waals surface area contributed by atoms with Crippen molar-refractivity contribution in [1.29, 1.82) is 0 Å². The zero-order valence-corrected chi connectivity index (χ0v) is 12.4. The quantitative estimate of drug-likeness (QED) is 0.892. The lowest BCUT2D eigenvalue weighted by Gasteiger charge is -2.22. The highest BCUT2D eigenvalue weighted by Crippen LogP contribution is 2.33. The van der Waals surface area contributed by atoms with Gasteiger partial charge in [0.05, 0.1) is 5.56 Å². The number of nitrogens with zero attached hydrogens (tertiary/aromatic N) is 1. The fourth-order valence-electron chi connectivity index (χ4n) is 2.92. The summed E-state index contributed by atoms with van der Waals surface area (Å²) in [5.74, 6) is -1.69. The van der Waals surface area contributed by atoms with Gasteiger partial charge in [0, 0.05) is 17.3 Å². The van der Waals surface area contributed by atoms with Crippen LogP contribution in [0.2, 0.25) is 5.02 Å². The molecule has 0 amide bonds. The first-order chi connectivity index (χ1) is 10.5. The van der Waals surface area contributed by atoms with Gasteiger partial charge in [0.25, 0.3) is 5.56 Å².